The summed E-state index contributed by atoms with van der Waals surface area (Å²) in [6.45, 7) is 0.207. The van der Waals surface area contributed by atoms with Crippen LogP contribution in [0.4, 0.5) is 0 Å². The quantitative estimate of drug-likeness (QED) is 0.477. The van der Waals surface area contributed by atoms with Gasteiger partial charge in [0.2, 0.25) is 0 Å². The van der Waals surface area contributed by atoms with Gasteiger partial charge >= 0.3 is 0 Å². The number of ether oxygens (including phenoxy) is 1. The number of carbonyl (C=O) groups is 1. The molecule has 0 bridgehead atoms. The van der Waals surface area contributed by atoms with E-state index in [0.29, 0.717) is 38.1 Å². The number of furan rings is 1. The van der Waals surface area contributed by atoms with Crippen LogP contribution >= 0.6 is 35.4 Å². The number of nitrogens with zero attached hydrogens (tertiary/aromatic N) is 1. The molecule has 0 unspecified atom stereocenters. The van der Waals surface area contributed by atoms with Gasteiger partial charge in [-0.25, -0.2) is 0 Å². The van der Waals surface area contributed by atoms with Crippen LogP contribution in [0.1, 0.15) is 43.6 Å². The highest BCUT2D eigenvalue weighted by molar-refractivity contribution is 7.80. The van der Waals surface area contributed by atoms with Gasteiger partial charge in [0.15, 0.2) is 5.11 Å². The molecular weight excluding hydrogens is 431 g/mol. The minimum absolute atomic E-state index is 0.0935. The van der Waals surface area contributed by atoms with Crippen molar-refractivity contribution in [1.29, 1.82) is 0 Å². The van der Waals surface area contributed by atoms with Gasteiger partial charge in [-0.3, -0.25) is 9.69 Å². The lowest BCUT2D eigenvalue weighted by atomic mass is 9.94. The number of benzene rings is 1. The molecule has 5 nitrogen and oxygen atoms in total. The first kappa shape index (κ1) is 20.3. The van der Waals surface area contributed by atoms with Crippen molar-refractivity contribution in [3.8, 4) is 5.75 Å². The summed E-state index contributed by atoms with van der Waals surface area (Å²) >= 11 is 17.4. The Morgan fingerprint density at radius 2 is 2.00 bits per heavy atom. The fourth-order valence-corrected chi connectivity index (χ4v) is 4.46. The van der Waals surface area contributed by atoms with Gasteiger partial charge in [0.1, 0.15) is 29.6 Å². The molecule has 1 N–H and O–H groups in total. The summed E-state index contributed by atoms with van der Waals surface area (Å²) in [6.07, 6.45) is 7.16. The number of halogens is 2. The second-order valence-corrected chi connectivity index (χ2v) is 8.35. The average molecular weight is 451 g/mol. The van der Waals surface area contributed by atoms with Crippen LogP contribution in [0.2, 0.25) is 10.0 Å². The molecule has 1 saturated carbocycles. The molecule has 2 heterocycles. The summed E-state index contributed by atoms with van der Waals surface area (Å²) < 4.78 is 11.4. The van der Waals surface area contributed by atoms with Crippen LogP contribution < -0.4 is 10.1 Å². The maximum Gasteiger partial charge on any atom is 0.276 e. The molecule has 1 amide bonds. The minimum Gasteiger partial charge on any atom is -0.484 e. The van der Waals surface area contributed by atoms with Gasteiger partial charge in [-0.2, -0.15) is 0 Å². The first-order chi connectivity index (χ1) is 14.0. The minimum atomic E-state index is -0.0935. The van der Waals surface area contributed by atoms with Crippen molar-refractivity contribution in [3.63, 3.8) is 0 Å². The zero-order valence-corrected chi connectivity index (χ0v) is 17.9. The molecule has 29 heavy (non-hydrogen) atoms. The molecule has 1 aromatic carbocycles. The normalized spacial score (nSPS) is 19.1. The summed E-state index contributed by atoms with van der Waals surface area (Å²) in [5, 5.41) is 4.48. The van der Waals surface area contributed by atoms with Gasteiger partial charge in [-0.05, 0) is 55.4 Å². The topological polar surface area (TPSA) is 54.7 Å². The first-order valence-electron chi connectivity index (χ1n) is 9.54. The molecule has 0 spiro atoms. The van der Waals surface area contributed by atoms with Crippen LogP contribution in [0.25, 0.3) is 6.08 Å². The molecule has 0 atom stereocenters. The number of thiocarbonyl (C=S) groups is 1. The van der Waals surface area contributed by atoms with Crippen molar-refractivity contribution >= 4 is 52.5 Å². The highest BCUT2D eigenvalue weighted by Gasteiger charge is 2.36. The van der Waals surface area contributed by atoms with E-state index in [2.05, 4.69) is 5.32 Å². The molecule has 1 aliphatic carbocycles. The predicted octanol–water partition coefficient (Wildman–Crippen LogP) is 5.56. The van der Waals surface area contributed by atoms with Crippen LogP contribution in [0.15, 0.2) is 40.4 Å². The van der Waals surface area contributed by atoms with E-state index in [1.54, 1.807) is 41.3 Å². The van der Waals surface area contributed by atoms with Crippen LogP contribution in [0, 0.1) is 0 Å². The van der Waals surface area contributed by atoms with Gasteiger partial charge in [0, 0.05) is 17.1 Å². The lowest BCUT2D eigenvalue weighted by Gasteiger charge is -2.29. The van der Waals surface area contributed by atoms with E-state index in [0.717, 1.165) is 25.7 Å². The van der Waals surface area contributed by atoms with E-state index >= 15 is 0 Å². The lowest BCUT2D eigenvalue weighted by Crippen LogP contribution is -2.41. The number of hydrogen-bond acceptors (Lipinski definition) is 4. The summed E-state index contributed by atoms with van der Waals surface area (Å²) in [4.78, 5) is 14.5. The van der Waals surface area contributed by atoms with Crippen LogP contribution in [0.3, 0.4) is 0 Å². The van der Waals surface area contributed by atoms with Crippen molar-refractivity contribution in [2.45, 2.75) is 44.8 Å². The Morgan fingerprint density at radius 3 is 2.76 bits per heavy atom. The number of amides is 1. The zero-order valence-electron chi connectivity index (χ0n) is 15.6. The number of hydrogen-bond donors (Lipinski definition) is 1. The fraction of sp³-hybridized carbons (Fsp3) is 0.333. The third-order valence-corrected chi connectivity index (χ3v) is 5.91. The molecule has 4 rings (SSSR count). The standard InChI is InChI=1S/C21H20Cl2N2O3S/c22-13-6-9-19(17(23)10-13)27-12-16-8-7-15(28-16)11-18-20(26)25(21(29)24-18)14-4-2-1-3-5-14/h6-11,14H,1-5,12H2,(H,24,29)/b18-11+. The predicted molar refractivity (Wildman–Crippen MR) is 117 cm³/mol. The molecule has 2 aromatic rings. The Morgan fingerprint density at radius 1 is 1.21 bits per heavy atom. The summed E-state index contributed by atoms with van der Waals surface area (Å²) in [5.41, 5.74) is 0.433. The Hall–Kier alpha value is -2.02. The molecule has 1 aromatic heterocycles. The third kappa shape index (κ3) is 4.60. The Labute approximate surface area is 184 Å². The Balaban J connectivity index is 1.42. The van der Waals surface area contributed by atoms with Crippen LogP contribution in [-0.4, -0.2) is 22.0 Å². The maximum atomic E-state index is 12.8. The second-order valence-electron chi connectivity index (χ2n) is 7.12. The van der Waals surface area contributed by atoms with E-state index in [4.69, 9.17) is 44.6 Å². The van der Waals surface area contributed by atoms with E-state index in [1.165, 1.54) is 6.42 Å². The van der Waals surface area contributed by atoms with Gasteiger partial charge in [-0.15, -0.1) is 0 Å². The summed E-state index contributed by atoms with van der Waals surface area (Å²) in [5.74, 6) is 1.59. The van der Waals surface area contributed by atoms with Crippen molar-refractivity contribution in [1.82, 2.24) is 10.2 Å². The second kappa shape index (κ2) is 8.78. The van der Waals surface area contributed by atoms with Crippen molar-refractivity contribution in [2.24, 2.45) is 0 Å². The van der Waals surface area contributed by atoms with E-state index < -0.39 is 0 Å². The smallest absolute Gasteiger partial charge is 0.276 e. The monoisotopic (exact) mass is 450 g/mol. The van der Waals surface area contributed by atoms with E-state index in [1.807, 2.05) is 0 Å². The van der Waals surface area contributed by atoms with Crippen molar-refractivity contribution in [2.75, 3.05) is 0 Å². The molecule has 8 heteroatoms. The fourth-order valence-electron chi connectivity index (χ4n) is 3.65. The summed E-state index contributed by atoms with van der Waals surface area (Å²) in [6, 6.07) is 8.81. The molecule has 1 saturated heterocycles. The first-order valence-corrected chi connectivity index (χ1v) is 10.7. The van der Waals surface area contributed by atoms with Gasteiger partial charge in [0.05, 0.1) is 5.02 Å². The Bertz CT molecular complexity index is 967. The third-order valence-electron chi connectivity index (χ3n) is 5.08. The molecule has 1 aliphatic heterocycles. The molecule has 0 radical (unpaired) electrons. The highest BCUT2D eigenvalue weighted by Crippen LogP contribution is 2.29. The largest absolute Gasteiger partial charge is 0.484 e. The zero-order chi connectivity index (χ0) is 20.4. The molecule has 2 aliphatic rings. The molecule has 2 fully saturated rings. The highest BCUT2D eigenvalue weighted by atomic mass is 35.5. The van der Waals surface area contributed by atoms with Gasteiger partial charge in [-0.1, -0.05) is 42.5 Å². The van der Waals surface area contributed by atoms with Crippen LogP contribution in [0.5, 0.6) is 5.75 Å². The maximum absolute atomic E-state index is 12.8. The SMILES string of the molecule is O=C1/C(=C\c2ccc(COc3ccc(Cl)cc3Cl)o2)NC(=S)N1C1CCCCC1. The lowest BCUT2D eigenvalue weighted by molar-refractivity contribution is -0.124. The molecule has 152 valence electrons. The Kier molecular flexibility index (Phi) is 6.13. The molecular formula is C21H20Cl2N2O3S. The van der Waals surface area contributed by atoms with Gasteiger partial charge in [0.25, 0.3) is 5.91 Å². The van der Waals surface area contributed by atoms with Crippen LogP contribution in [-0.2, 0) is 11.4 Å². The summed E-state index contributed by atoms with van der Waals surface area (Å²) in [7, 11) is 0. The number of carbonyl (C=O) groups excluding carboxylic acids is 1. The average Bonchev–Trinajstić information content (AvgIpc) is 3.26. The van der Waals surface area contributed by atoms with Crippen molar-refractivity contribution in [3.05, 3.63) is 57.6 Å². The number of rotatable bonds is 5. The van der Waals surface area contributed by atoms with E-state index in [9.17, 15) is 4.79 Å². The number of nitrogens with one attached hydrogen (secondary N) is 1. The van der Waals surface area contributed by atoms with Crippen molar-refractivity contribution < 1.29 is 13.9 Å². The van der Waals surface area contributed by atoms with E-state index in [-0.39, 0.29) is 18.6 Å². The van der Waals surface area contributed by atoms with Gasteiger partial charge < -0.3 is 14.5 Å².